The van der Waals surface area contributed by atoms with Gasteiger partial charge in [-0.05, 0) is 50.3 Å². The molecule has 0 saturated heterocycles. The van der Waals surface area contributed by atoms with Crippen LogP contribution in [0, 0.1) is 12.8 Å². The molecular formula is C19H18F3N3O2. The molecule has 4 rings (SSSR count). The van der Waals surface area contributed by atoms with E-state index in [0.29, 0.717) is 46.6 Å². The van der Waals surface area contributed by atoms with E-state index in [-0.39, 0.29) is 24.3 Å². The van der Waals surface area contributed by atoms with Crippen LogP contribution in [0.1, 0.15) is 43.1 Å². The first kappa shape index (κ1) is 17.8. The first-order valence-electron chi connectivity index (χ1n) is 8.84. The third kappa shape index (κ3) is 3.36. The lowest BCUT2D eigenvalue weighted by molar-refractivity contribution is -0.182. The number of nitrogens with zero attached hydrogens (tertiary/aromatic N) is 2. The summed E-state index contributed by atoms with van der Waals surface area (Å²) in [6.07, 6.45) is -2.00. The lowest BCUT2D eigenvalue weighted by atomic mass is 9.78. The van der Waals surface area contributed by atoms with Crippen LogP contribution in [0.2, 0.25) is 0 Å². The molecule has 0 spiro atoms. The molecule has 0 unspecified atom stereocenters. The largest absolute Gasteiger partial charge is 0.443 e. The van der Waals surface area contributed by atoms with Gasteiger partial charge < -0.3 is 9.40 Å². The third-order valence-corrected chi connectivity index (χ3v) is 5.26. The van der Waals surface area contributed by atoms with Crippen LogP contribution in [0.4, 0.5) is 13.2 Å². The molecule has 8 heteroatoms. The van der Waals surface area contributed by atoms with Crippen LogP contribution in [0.3, 0.4) is 0 Å². The lowest BCUT2D eigenvalue weighted by Crippen LogP contribution is -2.28. The second-order valence-electron chi connectivity index (χ2n) is 7.04. The number of aromatic amines is 1. The van der Waals surface area contributed by atoms with E-state index in [1.165, 1.54) is 6.39 Å². The van der Waals surface area contributed by atoms with Crippen molar-refractivity contribution in [3.05, 3.63) is 46.5 Å². The summed E-state index contributed by atoms with van der Waals surface area (Å²) in [6, 6.07) is 5.21. The van der Waals surface area contributed by atoms with E-state index in [4.69, 9.17) is 4.42 Å². The van der Waals surface area contributed by atoms with E-state index < -0.39 is 12.1 Å². The molecule has 1 aliphatic carbocycles. The van der Waals surface area contributed by atoms with Crippen molar-refractivity contribution in [2.24, 2.45) is 5.92 Å². The lowest BCUT2D eigenvalue weighted by Gasteiger charge is -2.30. The fourth-order valence-corrected chi connectivity index (χ4v) is 3.89. The molecule has 3 aromatic rings. The zero-order valence-corrected chi connectivity index (χ0v) is 14.6. The number of hydrogen-bond donors (Lipinski definition) is 1. The van der Waals surface area contributed by atoms with Crippen LogP contribution >= 0.6 is 0 Å². The number of alkyl halides is 3. The number of oxazole rings is 1. The summed E-state index contributed by atoms with van der Waals surface area (Å²) in [5.41, 5.74) is 2.53. The van der Waals surface area contributed by atoms with Crippen molar-refractivity contribution in [1.82, 2.24) is 15.0 Å². The van der Waals surface area contributed by atoms with E-state index in [0.717, 1.165) is 0 Å². The van der Waals surface area contributed by atoms with Gasteiger partial charge in [-0.1, -0.05) is 6.07 Å². The minimum atomic E-state index is -4.16. The molecule has 0 bridgehead atoms. The molecule has 0 aliphatic heterocycles. The number of H-pyrrole nitrogens is 1. The average molecular weight is 377 g/mol. The van der Waals surface area contributed by atoms with Gasteiger partial charge in [-0.2, -0.15) is 13.2 Å². The predicted octanol–water partition coefficient (Wildman–Crippen LogP) is 4.72. The maximum Gasteiger partial charge on any atom is 0.391 e. The Balaban J connectivity index is 1.74. The zero-order chi connectivity index (χ0) is 19.2. The summed E-state index contributed by atoms with van der Waals surface area (Å²) < 4.78 is 44.2. The number of nitrogens with one attached hydrogen (secondary N) is 1. The van der Waals surface area contributed by atoms with E-state index >= 15 is 0 Å². The first-order chi connectivity index (χ1) is 12.8. The molecule has 1 saturated carbocycles. The smallest absolute Gasteiger partial charge is 0.391 e. The van der Waals surface area contributed by atoms with E-state index in [1.54, 1.807) is 25.1 Å². The zero-order valence-electron chi connectivity index (χ0n) is 14.6. The molecule has 1 aliphatic rings. The third-order valence-electron chi connectivity index (χ3n) is 5.26. The summed E-state index contributed by atoms with van der Waals surface area (Å²) in [4.78, 5) is 24.0. The van der Waals surface area contributed by atoms with Crippen LogP contribution in [0.15, 0.2) is 33.8 Å². The van der Waals surface area contributed by atoms with Gasteiger partial charge in [0.1, 0.15) is 11.3 Å². The van der Waals surface area contributed by atoms with Gasteiger partial charge in [-0.15, -0.1) is 0 Å². The molecule has 1 fully saturated rings. The Morgan fingerprint density at radius 1 is 1.19 bits per heavy atom. The second kappa shape index (κ2) is 6.51. The summed E-state index contributed by atoms with van der Waals surface area (Å²) in [5, 5.41) is 0. The quantitative estimate of drug-likeness (QED) is 0.701. The number of aryl methyl sites for hydroxylation is 1. The highest BCUT2D eigenvalue weighted by Crippen LogP contribution is 2.43. The van der Waals surface area contributed by atoms with Crippen LogP contribution in [-0.4, -0.2) is 21.1 Å². The number of rotatable bonds is 2. The van der Waals surface area contributed by atoms with E-state index in [2.05, 4.69) is 15.0 Å². The van der Waals surface area contributed by atoms with Crippen molar-refractivity contribution in [2.45, 2.75) is 44.7 Å². The van der Waals surface area contributed by atoms with Crippen molar-refractivity contribution >= 4 is 11.1 Å². The van der Waals surface area contributed by atoms with Gasteiger partial charge in [-0.25, -0.2) is 9.97 Å². The summed E-state index contributed by atoms with van der Waals surface area (Å²) >= 11 is 0. The van der Waals surface area contributed by atoms with Crippen molar-refractivity contribution in [3.8, 4) is 11.1 Å². The number of benzene rings is 1. The fraction of sp³-hybridized carbons (Fsp3) is 0.421. The van der Waals surface area contributed by atoms with Crippen molar-refractivity contribution < 1.29 is 17.6 Å². The van der Waals surface area contributed by atoms with Gasteiger partial charge in [0.25, 0.3) is 5.56 Å². The summed E-state index contributed by atoms with van der Waals surface area (Å²) in [7, 11) is 0. The normalized spacial score (nSPS) is 20.9. The maximum absolute atomic E-state index is 13.0. The van der Waals surface area contributed by atoms with Gasteiger partial charge in [0.05, 0.1) is 17.2 Å². The Morgan fingerprint density at radius 2 is 1.93 bits per heavy atom. The molecule has 1 N–H and O–H groups in total. The number of fused-ring (bicyclic) bond motifs is 1. The van der Waals surface area contributed by atoms with Crippen LogP contribution in [0.25, 0.3) is 22.2 Å². The standard InChI is InChI=1S/C19H18F3N3O2/c1-10-24-17(11-2-5-13(6-3-11)19(20,21)22)16(18(26)25-10)12-4-7-15-14(8-12)23-9-27-15/h4,7-9,11,13H,2-3,5-6H2,1H3,(H,24,25,26)/t11-,13+. The molecule has 2 heterocycles. The first-order valence-corrected chi connectivity index (χ1v) is 8.84. The Bertz CT molecular complexity index is 1030. The number of aromatic nitrogens is 3. The molecule has 2 aromatic heterocycles. The average Bonchev–Trinajstić information content (AvgIpc) is 3.08. The van der Waals surface area contributed by atoms with Gasteiger partial charge in [0.15, 0.2) is 12.0 Å². The number of halogens is 3. The Kier molecular flexibility index (Phi) is 4.28. The molecule has 27 heavy (non-hydrogen) atoms. The van der Waals surface area contributed by atoms with Gasteiger partial charge in [0.2, 0.25) is 0 Å². The van der Waals surface area contributed by atoms with Crippen molar-refractivity contribution in [3.63, 3.8) is 0 Å². The summed E-state index contributed by atoms with van der Waals surface area (Å²) in [5.74, 6) is -0.987. The SMILES string of the molecule is Cc1nc([C@H]2CC[C@@H](C(F)(F)F)CC2)c(-c2ccc3ocnc3c2)c(=O)[nH]1. The van der Waals surface area contributed by atoms with Crippen molar-refractivity contribution in [2.75, 3.05) is 0 Å². The number of hydrogen-bond acceptors (Lipinski definition) is 4. The highest BCUT2D eigenvalue weighted by Gasteiger charge is 2.42. The Morgan fingerprint density at radius 3 is 2.63 bits per heavy atom. The Labute approximate surface area is 152 Å². The van der Waals surface area contributed by atoms with E-state index in [9.17, 15) is 18.0 Å². The predicted molar refractivity (Wildman–Crippen MR) is 93.4 cm³/mol. The molecule has 0 atom stereocenters. The van der Waals surface area contributed by atoms with Gasteiger partial charge >= 0.3 is 6.18 Å². The molecule has 1 aromatic carbocycles. The van der Waals surface area contributed by atoms with Crippen LogP contribution in [0.5, 0.6) is 0 Å². The Hall–Kier alpha value is -2.64. The minimum absolute atomic E-state index is 0.0590. The second-order valence-corrected chi connectivity index (χ2v) is 7.04. The summed E-state index contributed by atoms with van der Waals surface area (Å²) in [6.45, 7) is 1.68. The van der Waals surface area contributed by atoms with Crippen molar-refractivity contribution in [1.29, 1.82) is 0 Å². The highest BCUT2D eigenvalue weighted by atomic mass is 19.4. The molecule has 0 radical (unpaired) electrons. The fourth-order valence-electron chi connectivity index (χ4n) is 3.89. The van der Waals surface area contributed by atoms with E-state index in [1.807, 2.05) is 0 Å². The molecule has 142 valence electrons. The van der Waals surface area contributed by atoms with Gasteiger partial charge in [-0.3, -0.25) is 4.79 Å². The molecule has 0 amide bonds. The monoisotopic (exact) mass is 377 g/mol. The van der Waals surface area contributed by atoms with Gasteiger partial charge in [0, 0.05) is 5.92 Å². The molecular weight excluding hydrogens is 359 g/mol. The highest BCUT2D eigenvalue weighted by molar-refractivity contribution is 5.80. The maximum atomic E-state index is 13.0. The van der Waals surface area contributed by atoms with Crippen LogP contribution < -0.4 is 5.56 Å². The minimum Gasteiger partial charge on any atom is -0.443 e. The topological polar surface area (TPSA) is 71.8 Å². The molecule has 5 nitrogen and oxygen atoms in total. The van der Waals surface area contributed by atoms with Crippen LogP contribution in [-0.2, 0) is 0 Å².